The molecule has 1 N–H and O–H groups in total. The van der Waals surface area contributed by atoms with Gasteiger partial charge in [0.2, 0.25) is 0 Å². The molecule has 3 rings (SSSR count). The Morgan fingerprint density at radius 1 is 1.44 bits per heavy atom. The normalized spacial score (nSPS) is 30.2. The number of fused-ring (bicyclic) bond motifs is 1. The largest absolute Gasteiger partial charge is 0.484 e. The highest BCUT2D eigenvalue weighted by molar-refractivity contribution is 5.42. The topological polar surface area (TPSA) is 30.5 Å². The molecule has 98 valence electrons. The third-order valence-corrected chi connectivity index (χ3v) is 3.96. The molecule has 3 heteroatoms. The molecule has 0 saturated carbocycles. The van der Waals surface area contributed by atoms with Gasteiger partial charge >= 0.3 is 0 Å². The lowest BCUT2D eigenvalue weighted by molar-refractivity contribution is 0.0190. The van der Waals surface area contributed by atoms with Crippen LogP contribution >= 0.6 is 0 Å². The maximum atomic E-state index is 6.25. The third kappa shape index (κ3) is 2.02. The molecule has 1 aromatic rings. The van der Waals surface area contributed by atoms with E-state index in [0.717, 1.165) is 38.3 Å². The summed E-state index contributed by atoms with van der Waals surface area (Å²) in [4.78, 5) is 0. The second-order valence-corrected chi connectivity index (χ2v) is 5.44. The molecule has 1 saturated heterocycles. The smallest absolute Gasteiger partial charge is 0.136 e. The predicted octanol–water partition coefficient (Wildman–Crippen LogP) is 2.59. The van der Waals surface area contributed by atoms with E-state index in [-0.39, 0.29) is 5.60 Å². The highest BCUT2D eigenvalue weighted by atomic mass is 16.6. The van der Waals surface area contributed by atoms with Gasteiger partial charge in [-0.15, -0.1) is 0 Å². The average molecular weight is 247 g/mol. The lowest BCUT2D eigenvalue weighted by Crippen LogP contribution is -2.44. The highest BCUT2D eigenvalue weighted by Gasteiger charge is 2.43. The van der Waals surface area contributed by atoms with Gasteiger partial charge in [0.15, 0.2) is 0 Å². The van der Waals surface area contributed by atoms with E-state index in [2.05, 4.69) is 37.4 Å². The van der Waals surface area contributed by atoms with Gasteiger partial charge < -0.3 is 14.8 Å². The molecule has 0 radical (unpaired) electrons. The van der Waals surface area contributed by atoms with Gasteiger partial charge in [0.1, 0.15) is 11.4 Å². The number of aryl methyl sites for hydroxylation is 1. The summed E-state index contributed by atoms with van der Waals surface area (Å²) in [6.45, 7) is 6.81. The third-order valence-electron chi connectivity index (χ3n) is 3.96. The second-order valence-electron chi connectivity index (χ2n) is 5.44. The first-order valence-corrected chi connectivity index (χ1v) is 6.83. The minimum absolute atomic E-state index is 0.102. The standard InChI is InChI=1S/C15H21NO2/c1-3-16-13-9-15(6-7-17-10-15)18-14-5-4-11(2)8-12(13)14/h4-5,8,13,16H,3,6-7,9-10H2,1-2H3. The second kappa shape index (κ2) is 4.56. The lowest BCUT2D eigenvalue weighted by Gasteiger charge is -2.39. The number of hydrogen-bond donors (Lipinski definition) is 1. The van der Waals surface area contributed by atoms with E-state index in [4.69, 9.17) is 9.47 Å². The van der Waals surface area contributed by atoms with Crippen LogP contribution in [0.2, 0.25) is 0 Å². The monoisotopic (exact) mass is 247 g/mol. The van der Waals surface area contributed by atoms with Crippen molar-refractivity contribution in [3.05, 3.63) is 29.3 Å². The Hall–Kier alpha value is -1.06. The molecule has 1 fully saturated rings. The Balaban J connectivity index is 1.97. The van der Waals surface area contributed by atoms with Gasteiger partial charge in [0.05, 0.1) is 13.2 Å². The van der Waals surface area contributed by atoms with Gasteiger partial charge in [-0.1, -0.05) is 24.6 Å². The summed E-state index contributed by atoms with van der Waals surface area (Å²) in [7, 11) is 0. The zero-order valence-electron chi connectivity index (χ0n) is 11.2. The molecule has 1 spiro atoms. The Morgan fingerprint density at radius 2 is 2.33 bits per heavy atom. The first-order valence-electron chi connectivity index (χ1n) is 6.83. The van der Waals surface area contributed by atoms with Crippen LogP contribution in [0.3, 0.4) is 0 Å². The van der Waals surface area contributed by atoms with Crippen molar-refractivity contribution < 1.29 is 9.47 Å². The van der Waals surface area contributed by atoms with Crippen LogP contribution in [0.5, 0.6) is 5.75 Å². The van der Waals surface area contributed by atoms with E-state index in [1.165, 1.54) is 11.1 Å². The Kier molecular flexibility index (Phi) is 3.04. The van der Waals surface area contributed by atoms with Crippen LogP contribution in [0.1, 0.15) is 36.9 Å². The Bertz CT molecular complexity index is 438. The van der Waals surface area contributed by atoms with Crippen LogP contribution < -0.4 is 10.1 Å². The van der Waals surface area contributed by atoms with Gasteiger partial charge in [0, 0.05) is 24.4 Å². The summed E-state index contributed by atoms with van der Waals surface area (Å²) in [6.07, 6.45) is 2.01. The van der Waals surface area contributed by atoms with Crippen molar-refractivity contribution in [1.82, 2.24) is 5.32 Å². The fraction of sp³-hybridized carbons (Fsp3) is 0.600. The van der Waals surface area contributed by atoms with E-state index in [9.17, 15) is 0 Å². The van der Waals surface area contributed by atoms with Gasteiger partial charge in [0.25, 0.3) is 0 Å². The predicted molar refractivity (Wildman–Crippen MR) is 71.0 cm³/mol. The van der Waals surface area contributed by atoms with E-state index in [1.807, 2.05) is 0 Å². The van der Waals surface area contributed by atoms with Crippen LogP contribution in [0.4, 0.5) is 0 Å². The Morgan fingerprint density at radius 3 is 3.06 bits per heavy atom. The molecule has 2 aliphatic rings. The van der Waals surface area contributed by atoms with E-state index in [1.54, 1.807) is 0 Å². The number of ether oxygens (including phenoxy) is 2. The van der Waals surface area contributed by atoms with E-state index in [0.29, 0.717) is 6.04 Å². The maximum absolute atomic E-state index is 6.25. The van der Waals surface area contributed by atoms with Crippen molar-refractivity contribution in [2.24, 2.45) is 0 Å². The summed E-state index contributed by atoms with van der Waals surface area (Å²) >= 11 is 0. The Labute approximate surface area is 108 Å². The summed E-state index contributed by atoms with van der Waals surface area (Å²) in [5.74, 6) is 1.03. The first kappa shape index (κ1) is 12.0. The van der Waals surface area contributed by atoms with Crippen LogP contribution in [-0.4, -0.2) is 25.4 Å². The molecule has 3 nitrogen and oxygen atoms in total. The zero-order chi connectivity index (χ0) is 12.6. The molecule has 18 heavy (non-hydrogen) atoms. The van der Waals surface area contributed by atoms with Gasteiger partial charge in [-0.2, -0.15) is 0 Å². The van der Waals surface area contributed by atoms with Crippen molar-refractivity contribution in [3.63, 3.8) is 0 Å². The number of benzene rings is 1. The van der Waals surface area contributed by atoms with E-state index < -0.39 is 0 Å². The number of nitrogens with one attached hydrogen (secondary N) is 1. The molecule has 0 bridgehead atoms. The molecule has 1 aromatic carbocycles. The quantitative estimate of drug-likeness (QED) is 0.871. The summed E-state index contributed by atoms with van der Waals surface area (Å²) in [6, 6.07) is 6.86. The fourth-order valence-electron chi connectivity index (χ4n) is 3.05. The van der Waals surface area contributed by atoms with Crippen molar-refractivity contribution in [3.8, 4) is 5.75 Å². The zero-order valence-corrected chi connectivity index (χ0v) is 11.2. The summed E-state index contributed by atoms with van der Waals surface area (Å²) in [5.41, 5.74) is 2.49. The first-order chi connectivity index (χ1) is 8.72. The molecule has 0 aromatic heterocycles. The molecular weight excluding hydrogens is 226 g/mol. The van der Waals surface area contributed by atoms with E-state index >= 15 is 0 Å². The molecular formula is C15H21NO2. The highest BCUT2D eigenvalue weighted by Crippen LogP contribution is 2.43. The summed E-state index contributed by atoms with van der Waals surface area (Å²) in [5, 5.41) is 3.58. The maximum Gasteiger partial charge on any atom is 0.136 e. The van der Waals surface area contributed by atoms with Crippen molar-refractivity contribution in [2.45, 2.75) is 38.3 Å². The van der Waals surface area contributed by atoms with Gasteiger partial charge in [-0.05, 0) is 19.5 Å². The molecule has 0 amide bonds. The van der Waals surface area contributed by atoms with Crippen LogP contribution in [0, 0.1) is 6.92 Å². The summed E-state index contributed by atoms with van der Waals surface area (Å²) < 4.78 is 11.8. The average Bonchev–Trinajstić information content (AvgIpc) is 2.79. The molecule has 2 unspecified atom stereocenters. The van der Waals surface area contributed by atoms with Crippen molar-refractivity contribution in [2.75, 3.05) is 19.8 Å². The van der Waals surface area contributed by atoms with Crippen LogP contribution in [-0.2, 0) is 4.74 Å². The van der Waals surface area contributed by atoms with Gasteiger partial charge in [-0.3, -0.25) is 0 Å². The fourth-order valence-corrected chi connectivity index (χ4v) is 3.05. The molecule has 2 heterocycles. The molecule has 0 aliphatic carbocycles. The number of hydrogen-bond acceptors (Lipinski definition) is 3. The SMILES string of the molecule is CCNC1CC2(CCOC2)Oc2ccc(C)cc21. The number of rotatable bonds is 2. The van der Waals surface area contributed by atoms with Crippen LogP contribution in [0.15, 0.2) is 18.2 Å². The molecule has 2 aliphatic heterocycles. The van der Waals surface area contributed by atoms with Crippen molar-refractivity contribution >= 4 is 0 Å². The lowest BCUT2D eigenvalue weighted by atomic mass is 9.86. The van der Waals surface area contributed by atoms with Crippen LogP contribution in [0.25, 0.3) is 0 Å². The minimum Gasteiger partial charge on any atom is -0.484 e. The van der Waals surface area contributed by atoms with Gasteiger partial charge in [-0.25, -0.2) is 0 Å². The van der Waals surface area contributed by atoms with Crippen molar-refractivity contribution in [1.29, 1.82) is 0 Å². The molecule has 2 atom stereocenters. The minimum atomic E-state index is -0.102.